The molecule has 2 saturated heterocycles. The van der Waals surface area contributed by atoms with Gasteiger partial charge in [0.15, 0.2) is 0 Å². The average Bonchev–Trinajstić information content (AvgIpc) is 2.76. The van der Waals surface area contributed by atoms with Crippen LogP contribution in [0.1, 0.15) is 6.92 Å². The van der Waals surface area contributed by atoms with E-state index in [0.29, 0.717) is 6.04 Å². The van der Waals surface area contributed by atoms with E-state index in [1.165, 1.54) is 0 Å². The summed E-state index contributed by atoms with van der Waals surface area (Å²) in [4.78, 5) is 15.6. The van der Waals surface area contributed by atoms with E-state index < -0.39 is 0 Å². The Labute approximate surface area is 109 Å². The maximum atomic E-state index is 11.3. The quantitative estimate of drug-likeness (QED) is 0.661. The van der Waals surface area contributed by atoms with Gasteiger partial charge >= 0.3 is 6.03 Å². The first-order chi connectivity index (χ1) is 8.75. The fourth-order valence-corrected chi connectivity index (χ4v) is 2.41. The second-order valence-corrected chi connectivity index (χ2v) is 4.99. The largest absolute Gasteiger partial charge is 0.379 e. The second-order valence-electron chi connectivity index (χ2n) is 4.99. The molecule has 0 radical (unpaired) electrons. The smallest absolute Gasteiger partial charge is 0.317 e. The Morgan fingerprint density at radius 2 is 2.17 bits per heavy atom. The minimum absolute atomic E-state index is 0.0673. The number of nitrogens with one attached hydrogen (secondary N) is 2. The molecule has 2 heterocycles. The van der Waals surface area contributed by atoms with Gasteiger partial charge in [0, 0.05) is 51.9 Å². The molecule has 2 rings (SSSR count). The SMILES string of the molecule is CC(CN1CCOCC1)NCCN1CCNC1=O. The number of nitrogens with zero attached hydrogens (tertiary/aromatic N) is 2. The Bertz CT molecular complexity index is 269. The minimum atomic E-state index is 0.0673. The maximum Gasteiger partial charge on any atom is 0.317 e. The summed E-state index contributed by atoms with van der Waals surface area (Å²) in [5.41, 5.74) is 0. The highest BCUT2D eigenvalue weighted by atomic mass is 16.5. The van der Waals surface area contributed by atoms with Crippen LogP contribution in [-0.4, -0.2) is 80.9 Å². The Morgan fingerprint density at radius 1 is 1.39 bits per heavy atom. The molecule has 1 unspecified atom stereocenters. The van der Waals surface area contributed by atoms with Gasteiger partial charge in [-0.3, -0.25) is 4.90 Å². The molecule has 2 aliphatic heterocycles. The molecule has 0 saturated carbocycles. The molecular formula is C12H24N4O2. The number of hydrogen-bond acceptors (Lipinski definition) is 4. The Kier molecular flexibility index (Phi) is 5.22. The monoisotopic (exact) mass is 256 g/mol. The summed E-state index contributed by atoms with van der Waals surface area (Å²) < 4.78 is 5.33. The van der Waals surface area contributed by atoms with Crippen LogP contribution >= 0.6 is 0 Å². The van der Waals surface area contributed by atoms with Gasteiger partial charge in [-0.1, -0.05) is 0 Å². The Morgan fingerprint density at radius 3 is 2.83 bits per heavy atom. The van der Waals surface area contributed by atoms with E-state index in [-0.39, 0.29) is 6.03 Å². The lowest BCUT2D eigenvalue weighted by Crippen LogP contribution is -2.46. The van der Waals surface area contributed by atoms with E-state index in [4.69, 9.17) is 4.74 Å². The van der Waals surface area contributed by atoms with Crippen molar-refractivity contribution in [2.75, 3.05) is 59.0 Å². The second kappa shape index (κ2) is 6.92. The third-order valence-corrected chi connectivity index (χ3v) is 3.46. The van der Waals surface area contributed by atoms with Crippen molar-refractivity contribution in [1.29, 1.82) is 0 Å². The molecule has 18 heavy (non-hydrogen) atoms. The van der Waals surface area contributed by atoms with Crippen LogP contribution in [0.25, 0.3) is 0 Å². The van der Waals surface area contributed by atoms with E-state index in [0.717, 1.165) is 59.0 Å². The van der Waals surface area contributed by atoms with Crippen molar-refractivity contribution in [3.05, 3.63) is 0 Å². The molecule has 2 aliphatic rings. The summed E-state index contributed by atoms with van der Waals surface area (Å²) in [7, 11) is 0. The first kappa shape index (κ1) is 13.6. The molecule has 0 aromatic heterocycles. The summed E-state index contributed by atoms with van der Waals surface area (Å²) in [5, 5.41) is 6.28. The summed E-state index contributed by atoms with van der Waals surface area (Å²) in [5.74, 6) is 0. The Hall–Kier alpha value is -0.850. The third-order valence-electron chi connectivity index (χ3n) is 3.46. The van der Waals surface area contributed by atoms with Crippen LogP contribution in [0.4, 0.5) is 4.79 Å². The van der Waals surface area contributed by atoms with E-state index in [1.54, 1.807) is 0 Å². The van der Waals surface area contributed by atoms with E-state index in [1.807, 2.05) is 4.90 Å². The van der Waals surface area contributed by atoms with Crippen LogP contribution in [0.3, 0.4) is 0 Å². The summed E-state index contributed by atoms with van der Waals surface area (Å²) >= 11 is 0. The molecule has 2 fully saturated rings. The van der Waals surface area contributed by atoms with Gasteiger partial charge in [0.25, 0.3) is 0 Å². The molecule has 2 N–H and O–H groups in total. The highest BCUT2D eigenvalue weighted by Crippen LogP contribution is 1.99. The molecule has 0 aromatic carbocycles. The van der Waals surface area contributed by atoms with Crippen LogP contribution < -0.4 is 10.6 Å². The van der Waals surface area contributed by atoms with Gasteiger partial charge in [-0.05, 0) is 6.92 Å². The lowest BCUT2D eigenvalue weighted by molar-refractivity contribution is 0.0343. The van der Waals surface area contributed by atoms with Crippen molar-refractivity contribution in [1.82, 2.24) is 20.4 Å². The van der Waals surface area contributed by atoms with Crippen LogP contribution in [0.2, 0.25) is 0 Å². The molecule has 6 heteroatoms. The van der Waals surface area contributed by atoms with Crippen molar-refractivity contribution >= 4 is 6.03 Å². The lowest BCUT2D eigenvalue weighted by atomic mass is 10.3. The topological polar surface area (TPSA) is 56.8 Å². The number of morpholine rings is 1. The molecule has 0 bridgehead atoms. The maximum absolute atomic E-state index is 11.3. The molecule has 0 aromatic rings. The van der Waals surface area contributed by atoms with E-state index in [9.17, 15) is 4.79 Å². The lowest BCUT2D eigenvalue weighted by Gasteiger charge is -2.29. The fraction of sp³-hybridized carbons (Fsp3) is 0.917. The molecule has 0 spiro atoms. The van der Waals surface area contributed by atoms with Gasteiger partial charge < -0.3 is 20.3 Å². The minimum Gasteiger partial charge on any atom is -0.379 e. The molecular weight excluding hydrogens is 232 g/mol. The first-order valence-corrected chi connectivity index (χ1v) is 6.82. The summed E-state index contributed by atoms with van der Waals surface area (Å²) in [6.07, 6.45) is 0. The van der Waals surface area contributed by atoms with Crippen molar-refractivity contribution in [2.24, 2.45) is 0 Å². The molecule has 2 amide bonds. The van der Waals surface area contributed by atoms with Crippen molar-refractivity contribution in [2.45, 2.75) is 13.0 Å². The zero-order valence-electron chi connectivity index (χ0n) is 11.2. The van der Waals surface area contributed by atoms with Crippen LogP contribution in [-0.2, 0) is 4.74 Å². The predicted molar refractivity (Wildman–Crippen MR) is 69.7 cm³/mol. The van der Waals surface area contributed by atoms with Gasteiger partial charge in [-0.2, -0.15) is 0 Å². The van der Waals surface area contributed by atoms with Gasteiger partial charge in [0.2, 0.25) is 0 Å². The number of amides is 2. The van der Waals surface area contributed by atoms with E-state index in [2.05, 4.69) is 22.5 Å². The van der Waals surface area contributed by atoms with E-state index >= 15 is 0 Å². The molecule has 104 valence electrons. The zero-order valence-corrected chi connectivity index (χ0v) is 11.2. The van der Waals surface area contributed by atoms with Gasteiger partial charge in [-0.15, -0.1) is 0 Å². The van der Waals surface area contributed by atoms with Crippen LogP contribution in [0, 0.1) is 0 Å². The normalized spacial score (nSPS) is 23.2. The van der Waals surface area contributed by atoms with Crippen molar-refractivity contribution < 1.29 is 9.53 Å². The number of carbonyl (C=O) groups excluding carboxylic acids is 1. The molecule has 1 atom stereocenters. The zero-order chi connectivity index (χ0) is 12.8. The standard InChI is InChI=1S/C12H24N4O2/c1-11(10-15-6-8-18-9-7-15)13-2-4-16-5-3-14-12(16)17/h11,13H,2-10H2,1H3,(H,14,17). The molecule has 6 nitrogen and oxygen atoms in total. The van der Waals surface area contributed by atoms with Crippen LogP contribution in [0.5, 0.6) is 0 Å². The Balaban J connectivity index is 1.56. The number of hydrogen-bond donors (Lipinski definition) is 2. The average molecular weight is 256 g/mol. The highest BCUT2D eigenvalue weighted by molar-refractivity contribution is 5.76. The first-order valence-electron chi connectivity index (χ1n) is 6.82. The predicted octanol–water partition coefficient (Wildman–Crippen LogP) is -0.678. The van der Waals surface area contributed by atoms with Crippen molar-refractivity contribution in [3.63, 3.8) is 0 Å². The van der Waals surface area contributed by atoms with Gasteiger partial charge in [0.05, 0.1) is 13.2 Å². The third kappa shape index (κ3) is 4.12. The van der Waals surface area contributed by atoms with Crippen molar-refractivity contribution in [3.8, 4) is 0 Å². The van der Waals surface area contributed by atoms with Gasteiger partial charge in [-0.25, -0.2) is 4.79 Å². The summed E-state index contributed by atoms with van der Waals surface area (Å²) in [6, 6.07) is 0.520. The number of urea groups is 1. The number of rotatable bonds is 6. The van der Waals surface area contributed by atoms with Crippen LogP contribution in [0.15, 0.2) is 0 Å². The fourth-order valence-electron chi connectivity index (χ4n) is 2.41. The van der Waals surface area contributed by atoms with Gasteiger partial charge in [0.1, 0.15) is 0 Å². The molecule has 0 aliphatic carbocycles. The number of carbonyl (C=O) groups is 1. The number of ether oxygens (including phenoxy) is 1. The summed E-state index contributed by atoms with van der Waals surface area (Å²) in [6.45, 7) is 10.3. The highest BCUT2D eigenvalue weighted by Gasteiger charge is 2.19.